The Balaban J connectivity index is 1.55. The van der Waals surface area contributed by atoms with Crippen LogP contribution in [0.2, 0.25) is 0 Å². The molecule has 27 heavy (non-hydrogen) atoms. The molecule has 1 aromatic heterocycles. The van der Waals surface area contributed by atoms with Gasteiger partial charge in [0.2, 0.25) is 0 Å². The first-order chi connectivity index (χ1) is 13.0. The predicted octanol–water partition coefficient (Wildman–Crippen LogP) is 2.12. The highest BCUT2D eigenvalue weighted by Gasteiger charge is 2.17. The molecular weight excluding hydrogens is 344 g/mol. The lowest BCUT2D eigenvalue weighted by Crippen LogP contribution is -2.28. The average Bonchev–Trinajstić information content (AvgIpc) is 2.68. The quantitative estimate of drug-likeness (QED) is 0.741. The molecule has 2 N–H and O–H groups in total. The summed E-state index contributed by atoms with van der Waals surface area (Å²) >= 11 is 0. The van der Waals surface area contributed by atoms with Crippen LogP contribution in [0.5, 0.6) is 5.75 Å². The van der Waals surface area contributed by atoms with Crippen molar-refractivity contribution in [3.8, 4) is 5.75 Å². The van der Waals surface area contributed by atoms with Crippen LogP contribution >= 0.6 is 0 Å². The zero-order valence-electron chi connectivity index (χ0n) is 15.2. The molecule has 2 aromatic carbocycles. The van der Waals surface area contributed by atoms with Gasteiger partial charge < -0.3 is 15.4 Å². The van der Waals surface area contributed by atoms with Crippen molar-refractivity contribution in [1.29, 1.82) is 0 Å². The molecule has 1 unspecified atom stereocenters. The fourth-order valence-corrected chi connectivity index (χ4v) is 3.15. The molecule has 0 aliphatic carbocycles. The van der Waals surface area contributed by atoms with E-state index in [4.69, 9.17) is 4.74 Å². The Bertz CT molecular complexity index is 1090. The predicted molar refractivity (Wildman–Crippen MR) is 103 cm³/mol. The van der Waals surface area contributed by atoms with Gasteiger partial charge in [0, 0.05) is 13.1 Å². The molecule has 0 radical (unpaired) electrons. The fourth-order valence-electron chi connectivity index (χ4n) is 3.15. The van der Waals surface area contributed by atoms with Crippen LogP contribution in [0.15, 0.2) is 47.3 Å². The van der Waals surface area contributed by atoms with Gasteiger partial charge in [0.15, 0.2) is 6.61 Å². The van der Waals surface area contributed by atoms with Gasteiger partial charge in [-0.15, -0.1) is 0 Å². The molecule has 138 valence electrons. The number of rotatable bonds is 4. The van der Waals surface area contributed by atoms with E-state index >= 15 is 0 Å². The Morgan fingerprint density at radius 3 is 2.93 bits per heavy atom. The van der Waals surface area contributed by atoms with E-state index in [1.165, 1.54) is 0 Å². The second kappa shape index (κ2) is 6.85. The number of hydrogen-bond donors (Lipinski definition) is 2. The molecule has 1 atom stereocenters. The van der Waals surface area contributed by atoms with Gasteiger partial charge in [-0.2, -0.15) is 0 Å². The minimum Gasteiger partial charge on any atom is -0.482 e. The first kappa shape index (κ1) is 17.2. The molecule has 0 saturated carbocycles. The summed E-state index contributed by atoms with van der Waals surface area (Å²) in [6, 6.07) is 13.0. The smallest absolute Gasteiger partial charge is 0.262 e. The molecule has 1 amide bonds. The zero-order valence-corrected chi connectivity index (χ0v) is 15.2. The van der Waals surface area contributed by atoms with Crippen molar-refractivity contribution in [1.82, 2.24) is 14.9 Å². The summed E-state index contributed by atoms with van der Waals surface area (Å²) in [6.07, 6.45) is 0. The third kappa shape index (κ3) is 3.29. The minimum atomic E-state index is -0.157. The number of aromatic nitrogens is 2. The topological polar surface area (TPSA) is 85.3 Å². The van der Waals surface area contributed by atoms with E-state index in [1.54, 1.807) is 17.7 Å². The maximum Gasteiger partial charge on any atom is 0.262 e. The monoisotopic (exact) mass is 364 g/mol. The Hall–Kier alpha value is -3.19. The van der Waals surface area contributed by atoms with Crippen molar-refractivity contribution in [3.05, 3.63) is 64.2 Å². The van der Waals surface area contributed by atoms with Gasteiger partial charge >= 0.3 is 0 Å². The molecular formula is C20H20N4O3. The van der Waals surface area contributed by atoms with Crippen molar-refractivity contribution in [2.75, 3.05) is 11.9 Å². The largest absolute Gasteiger partial charge is 0.482 e. The van der Waals surface area contributed by atoms with Gasteiger partial charge in [-0.05, 0) is 36.8 Å². The van der Waals surface area contributed by atoms with Crippen LogP contribution in [-0.2, 0) is 18.4 Å². The third-order valence-corrected chi connectivity index (χ3v) is 4.78. The van der Waals surface area contributed by atoms with Crippen molar-refractivity contribution >= 4 is 22.5 Å². The summed E-state index contributed by atoms with van der Waals surface area (Å²) in [5.41, 5.74) is 2.32. The number of benzene rings is 2. The van der Waals surface area contributed by atoms with Gasteiger partial charge in [0.05, 0.1) is 23.1 Å². The summed E-state index contributed by atoms with van der Waals surface area (Å²) in [5, 5.41) is 6.82. The highest BCUT2D eigenvalue weighted by atomic mass is 16.5. The van der Waals surface area contributed by atoms with E-state index in [0.717, 1.165) is 5.56 Å². The van der Waals surface area contributed by atoms with Crippen LogP contribution in [0.3, 0.4) is 0 Å². The van der Waals surface area contributed by atoms with E-state index in [0.29, 0.717) is 34.7 Å². The van der Waals surface area contributed by atoms with Gasteiger partial charge in [-0.1, -0.05) is 18.2 Å². The SMILES string of the molecule is CC(NCc1nc2ccccc2c(=O)n1C)c1ccc2c(c1)NC(=O)CO2. The van der Waals surface area contributed by atoms with E-state index in [9.17, 15) is 9.59 Å². The lowest BCUT2D eigenvalue weighted by Gasteiger charge is -2.21. The van der Waals surface area contributed by atoms with Crippen LogP contribution < -0.4 is 20.9 Å². The molecule has 0 spiro atoms. The van der Waals surface area contributed by atoms with E-state index in [2.05, 4.69) is 15.6 Å². The fraction of sp³-hybridized carbons (Fsp3) is 0.250. The summed E-state index contributed by atoms with van der Waals surface area (Å²) in [6.45, 7) is 2.51. The minimum absolute atomic E-state index is 0.00231. The maximum absolute atomic E-state index is 12.5. The third-order valence-electron chi connectivity index (χ3n) is 4.78. The van der Waals surface area contributed by atoms with Crippen molar-refractivity contribution in [2.24, 2.45) is 7.05 Å². The molecule has 7 nitrogen and oxygen atoms in total. The number of anilines is 1. The van der Waals surface area contributed by atoms with E-state index in [-0.39, 0.29) is 24.1 Å². The number of nitrogens with one attached hydrogen (secondary N) is 2. The van der Waals surface area contributed by atoms with Gasteiger partial charge in [0.25, 0.3) is 11.5 Å². The molecule has 1 aliphatic rings. The standard InChI is InChI=1S/C20H20N4O3/c1-12(13-7-8-17-16(9-13)23-19(25)11-27-17)21-10-18-22-15-6-4-3-5-14(15)20(26)24(18)2/h3-9,12,21H,10-11H2,1-2H3,(H,23,25). The highest BCUT2D eigenvalue weighted by molar-refractivity contribution is 5.95. The zero-order chi connectivity index (χ0) is 19.0. The van der Waals surface area contributed by atoms with Gasteiger partial charge in [-0.25, -0.2) is 4.98 Å². The first-order valence-corrected chi connectivity index (χ1v) is 8.77. The van der Waals surface area contributed by atoms with Crippen LogP contribution in [0, 0.1) is 0 Å². The summed E-state index contributed by atoms with van der Waals surface area (Å²) in [5.74, 6) is 1.18. The first-order valence-electron chi connectivity index (χ1n) is 8.77. The number of carbonyl (C=O) groups excluding carboxylic acids is 1. The summed E-state index contributed by atoms with van der Waals surface area (Å²) in [7, 11) is 1.73. The van der Waals surface area contributed by atoms with E-state index in [1.807, 2.05) is 43.3 Å². The number of amides is 1. The summed E-state index contributed by atoms with van der Waals surface area (Å²) < 4.78 is 6.96. The normalized spacial score (nSPS) is 14.4. The van der Waals surface area contributed by atoms with Crippen molar-refractivity contribution < 1.29 is 9.53 Å². The number of hydrogen-bond acceptors (Lipinski definition) is 5. The van der Waals surface area contributed by atoms with Crippen molar-refractivity contribution in [2.45, 2.75) is 19.5 Å². The van der Waals surface area contributed by atoms with Crippen LogP contribution in [0.4, 0.5) is 5.69 Å². The second-order valence-electron chi connectivity index (χ2n) is 6.60. The number of fused-ring (bicyclic) bond motifs is 2. The van der Waals surface area contributed by atoms with Gasteiger partial charge in [-0.3, -0.25) is 14.2 Å². The Morgan fingerprint density at radius 2 is 2.07 bits per heavy atom. The molecule has 7 heteroatoms. The highest BCUT2D eigenvalue weighted by Crippen LogP contribution is 2.30. The molecule has 3 aromatic rings. The van der Waals surface area contributed by atoms with Gasteiger partial charge in [0.1, 0.15) is 11.6 Å². The summed E-state index contributed by atoms with van der Waals surface area (Å²) in [4.78, 5) is 28.6. The lowest BCUT2D eigenvalue weighted by atomic mass is 10.1. The Labute approximate surface area is 156 Å². The maximum atomic E-state index is 12.5. The Kier molecular flexibility index (Phi) is 4.37. The lowest BCUT2D eigenvalue weighted by molar-refractivity contribution is -0.118. The molecule has 0 bridgehead atoms. The second-order valence-corrected chi connectivity index (χ2v) is 6.60. The van der Waals surface area contributed by atoms with Crippen LogP contribution in [0.25, 0.3) is 10.9 Å². The molecule has 4 rings (SSSR count). The molecule has 0 fully saturated rings. The number of carbonyl (C=O) groups is 1. The van der Waals surface area contributed by atoms with E-state index < -0.39 is 0 Å². The van der Waals surface area contributed by atoms with Crippen LogP contribution in [0.1, 0.15) is 24.4 Å². The average molecular weight is 364 g/mol. The Morgan fingerprint density at radius 1 is 1.26 bits per heavy atom. The molecule has 0 saturated heterocycles. The molecule has 2 heterocycles. The van der Waals surface area contributed by atoms with Crippen LogP contribution in [-0.4, -0.2) is 22.1 Å². The van der Waals surface area contributed by atoms with Crippen molar-refractivity contribution in [3.63, 3.8) is 0 Å². The number of para-hydroxylation sites is 1. The molecule has 1 aliphatic heterocycles. The number of ether oxygens (including phenoxy) is 1. The number of nitrogens with zero attached hydrogens (tertiary/aromatic N) is 2.